The normalized spacial score (nSPS) is 11.3. The summed E-state index contributed by atoms with van der Waals surface area (Å²) in [6, 6.07) is 26.8. The number of thioether (sulfide) groups is 1. The topological polar surface area (TPSA) is 76.7 Å². The van der Waals surface area contributed by atoms with Crippen LogP contribution in [0.1, 0.15) is 11.1 Å². The fourth-order valence-corrected chi connectivity index (χ4v) is 4.37. The van der Waals surface area contributed by atoms with Crippen LogP contribution < -0.4 is 10.2 Å². The molecule has 4 aromatic carbocycles. The average Bonchev–Trinajstić information content (AvgIpc) is 3.31. The third-order valence-electron chi connectivity index (χ3n) is 5.26. The van der Waals surface area contributed by atoms with Gasteiger partial charge in [-0.1, -0.05) is 84.0 Å². The summed E-state index contributed by atoms with van der Waals surface area (Å²) in [7, 11) is 0. The molecule has 0 saturated carbocycles. The lowest BCUT2D eigenvalue weighted by Crippen LogP contribution is -2.19. The van der Waals surface area contributed by atoms with E-state index >= 15 is 0 Å². The maximum absolute atomic E-state index is 12.4. The molecule has 0 spiro atoms. The summed E-state index contributed by atoms with van der Waals surface area (Å²) in [5.41, 5.74) is 5.67. The fraction of sp³-hybridized carbons (Fsp3) is 0.0741. The zero-order valence-electron chi connectivity index (χ0n) is 18.5. The van der Waals surface area contributed by atoms with E-state index in [9.17, 15) is 4.79 Å². The van der Waals surface area contributed by atoms with E-state index in [0.717, 1.165) is 27.4 Å². The molecule has 1 N–H and O–H groups in total. The highest BCUT2D eigenvalue weighted by molar-refractivity contribution is 7.99. The van der Waals surface area contributed by atoms with E-state index in [0.29, 0.717) is 28.2 Å². The number of carbonyl (C=O) groups is 1. The predicted octanol–water partition coefficient (Wildman–Crippen LogP) is 6.46. The van der Waals surface area contributed by atoms with Gasteiger partial charge in [-0.05, 0) is 35.0 Å². The number of oxazole rings is 1. The summed E-state index contributed by atoms with van der Waals surface area (Å²) in [5, 5.41) is 7.27. The Balaban J connectivity index is 1.28. The number of fused-ring (bicyclic) bond motifs is 2. The van der Waals surface area contributed by atoms with Crippen molar-refractivity contribution in [3.63, 3.8) is 0 Å². The molecule has 0 aliphatic carbocycles. The standard InChI is InChI=1S/C27H20ClN3O3S/c28-22-10-4-2-8-19(22)16-33-24-14-13-18-7-1-3-9-20(18)21(24)15-29-31-26(32)17-35-27-30-23-11-5-6-12-25(23)34-27/h1-15H,16-17H2,(H,31,32)/b29-15-. The lowest BCUT2D eigenvalue weighted by molar-refractivity contribution is -0.118. The van der Waals surface area contributed by atoms with Gasteiger partial charge in [0.1, 0.15) is 17.9 Å². The molecule has 0 atom stereocenters. The van der Waals surface area contributed by atoms with Crippen molar-refractivity contribution in [1.82, 2.24) is 10.4 Å². The first-order chi connectivity index (χ1) is 17.2. The number of carbonyl (C=O) groups excluding carboxylic acids is 1. The van der Waals surface area contributed by atoms with Gasteiger partial charge in [-0.15, -0.1) is 0 Å². The molecule has 0 aliphatic heterocycles. The number of aromatic nitrogens is 1. The van der Waals surface area contributed by atoms with E-state index in [1.54, 1.807) is 6.21 Å². The molecule has 0 radical (unpaired) electrons. The van der Waals surface area contributed by atoms with Crippen molar-refractivity contribution in [1.29, 1.82) is 0 Å². The minimum absolute atomic E-state index is 0.121. The fourth-order valence-electron chi connectivity index (χ4n) is 3.55. The van der Waals surface area contributed by atoms with E-state index in [4.69, 9.17) is 20.8 Å². The molecular formula is C27H20ClN3O3S. The SMILES string of the molecule is O=C(CSc1nc2ccccc2o1)N/N=C\c1c(OCc2ccccc2Cl)ccc2ccccc12. The first-order valence-electron chi connectivity index (χ1n) is 10.9. The Morgan fingerprint density at radius 1 is 1.03 bits per heavy atom. The van der Waals surface area contributed by atoms with Crippen LogP contribution in [0.25, 0.3) is 21.9 Å². The van der Waals surface area contributed by atoms with Crippen molar-refractivity contribution in [2.24, 2.45) is 5.10 Å². The van der Waals surface area contributed by atoms with Crippen molar-refractivity contribution < 1.29 is 13.9 Å². The summed E-state index contributed by atoms with van der Waals surface area (Å²) in [6.07, 6.45) is 1.60. The maximum atomic E-state index is 12.4. The second-order valence-corrected chi connectivity index (χ2v) is 8.94. The number of amides is 1. The number of ether oxygens (including phenoxy) is 1. The molecule has 5 aromatic rings. The van der Waals surface area contributed by atoms with E-state index in [2.05, 4.69) is 15.5 Å². The molecule has 35 heavy (non-hydrogen) atoms. The van der Waals surface area contributed by atoms with Gasteiger partial charge < -0.3 is 9.15 Å². The van der Waals surface area contributed by atoms with Crippen molar-refractivity contribution in [2.45, 2.75) is 11.8 Å². The largest absolute Gasteiger partial charge is 0.488 e. The van der Waals surface area contributed by atoms with Gasteiger partial charge in [0, 0.05) is 16.1 Å². The van der Waals surface area contributed by atoms with Crippen LogP contribution in [0.15, 0.2) is 99.7 Å². The zero-order valence-corrected chi connectivity index (χ0v) is 20.1. The second-order valence-electron chi connectivity index (χ2n) is 7.61. The molecule has 1 heterocycles. The Morgan fingerprint density at radius 3 is 2.71 bits per heavy atom. The van der Waals surface area contributed by atoms with Crippen LogP contribution in [0.3, 0.4) is 0 Å². The Bertz CT molecular complexity index is 1500. The van der Waals surface area contributed by atoms with E-state index in [1.807, 2.05) is 84.9 Å². The number of hydrogen-bond donors (Lipinski definition) is 1. The van der Waals surface area contributed by atoms with E-state index in [1.165, 1.54) is 11.8 Å². The number of para-hydroxylation sites is 2. The van der Waals surface area contributed by atoms with Gasteiger partial charge in [-0.2, -0.15) is 5.10 Å². The van der Waals surface area contributed by atoms with Crippen LogP contribution in [0.5, 0.6) is 5.75 Å². The van der Waals surface area contributed by atoms with Crippen LogP contribution in [0, 0.1) is 0 Å². The third-order valence-corrected chi connectivity index (χ3v) is 6.45. The Morgan fingerprint density at radius 2 is 1.83 bits per heavy atom. The lowest BCUT2D eigenvalue weighted by atomic mass is 10.0. The molecule has 1 amide bonds. The molecule has 5 rings (SSSR count). The Labute approximate surface area is 210 Å². The van der Waals surface area contributed by atoms with Gasteiger partial charge in [0.25, 0.3) is 11.1 Å². The quantitative estimate of drug-likeness (QED) is 0.150. The predicted molar refractivity (Wildman–Crippen MR) is 140 cm³/mol. The number of nitrogens with zero attached hydrogens (tertiary/aromatic N) is 2. The number of nitrogens with one attached hydrogen (secondary N) is 1. The maximum Gasteiger partial charge on any atom is 0.257 e. The minimum atomic E-state index is -0.271. The smallest absolute Gasteiger partial charge is 0.257 e. The molecule has 6 nitrogen and oxygen atoms in total. The summed E-state index contributed by atoms with van der Waals surface area (Å²) < 4.78 is 11.7. The number of hydrazone groups is 1. The third kappa shape index (κ3) is 5.48. The molecule has 0 aliphatic rings. The Hall–Kier alpha value is -3.81. The molecule has 0 fully saturated rings. The van der Waals surface area contributed by atoms with Crippen molar-refractivity contribution in [3.05, 3.63) is 101 Å². The molecule has 1 aromatic heterocycles. The monoisotopic (exact) mass is 501 g/mol. The highest BCUT2D eigenvalue weighted by Crippen LogP contribution is 2.28. The summed E-state index contributed by atoms with van der Waals surface area (Å²) in [5.74, 6) is 0.491. The van der Waals surface area contributed by atoms with Crippen LogP contribution in [0.4, 0.5) is 0 Å². The highest BCUT2D eigenvalue weighted by Gasteiger charge is 2.11. The number of rotatable bonds is 8. The number of benzene rings is 4. The lowest BCUT2D eigenvalue weighted by Gasteiger charge is -2.12. The molecule has 0 unspecified atom stereocenters. The summed E-state index contributed by atoms with van der Waals surface area (Å²) >= 11 is 7.49. The average molecular weight is 502 g/mol. The van der Waals surface area contributed by atoms with Gasteiger partial charge in [-0.3, -0.25) is 4.79 Å². The molecule has 174 valence electrons. The second kappa shape index (κ2) is 10.6. The first kappa shape index (κ1) is 23.0. The molecule has 0 bridgehead atoms. The van der Waals surface area contributed by atoms with Crippen LogP contribution in [-0.4, -0.2) is 22.9 Å². The van der Waals surface area contributed by atoms with Crippen molar-refractivity contribution in [3.8, 4) is 5.75 Å². The number of halogens is 1. The van der Waals surface area contributed by atoms with Gasteiger partial charge in [0.2, 0.25) is 0 Å². The molecule has 8 heteroatoms. The van der Waals surface area contributed by atoms with Crippen LogP contribution in [0.2, 0.25) is 5.02 Å². The van der Waals surface area contributed by atoms with Crippen molar-refractivity contribution >= 4 is 57.4 Å². The number of hydrogen-bond acceptors (Lipinski definition) is 6. The van der Waals surface area contributed by atoms with Gasteiger partial charge in [0.15, 0.2) is 5.58 Å². The minimum Gasteiger partial charge on any atom is -0.488 e. The van der Waals surface area contributed by atoms with Crippen LogP contribution >= 0.6 is 23.4 Å². The van der Waals surface area contributed by atoms with Gasteiger partial charge in [0.05, 0.1) is 12.0 Å². The highest BCUT2D eigenvalue weighted by atomic mass is 35.5. The summed E-state index contributed by atoms with van der Waals surface area (Å²) in [6.45, 7) is 0.312. The molecular weight excluding hydrogens is 482 g/mol. The van der Waals surface area contributed by atoms with Gasteiger partial charge in [-0.25, -0.2) is 10.4 Å². The molecule has 0 saturated heterocycles. The van der Waals surface area contributed by atoms with E-state index in [-0.39, 0.29) is 11.7 Å². The van der Waals surface area contributed by atoms with Crippen LogP contribution in [-0.2, 0) is 11.4 Å². The zero-order chi connectivity index (χ0) is 24.0. The van der Waals surface area contributed by atoms with E-state index < -0.39 is 0 Å². The Kier molecular flexibility index (Phi) is 6.97. The summed E-state index contributed by atoms with van der Waals surface area (Å²) in [4.78, 5) is 16.7. The first-order valence-corrected chi connectivity index (χ1v) is 12.2. The van der Waals surface area contributed by atoms with Crippen molar-refractivity contribution in [2.75, 3.05) is 5.75 Å². The van der Waals surface area contributed by atoms with Gasteiger partial charge >= 0.3 is 0 Å².